The van der Waals surface area contributed by atoms with Crippen molar-refractivity contribution in [1.29, 1.82) is 0 Å². The van der Waals surface area contributed by atoms with Crippen LogP contribution in [-0.2, 0) is 9.53 Å². The number of hydrogen-bond donors (Lipinski definition) is 1. The van der Waals surface area contributed by atoms with Gasteiger partial charge in [-0.3, -0.25) is 9.79 Å². The highest BCUT2D eigenvalue weighted by Crippen LogP contribution is 2.18. The van der Waals surface area contributed by atoms with Crippen molar-refractivity contribution < 1.29 is 9.53 Å². The Labute approximate surface area is 169 Å². The van der Waals surface area contributed by atoms with Crippen molar-refractivity contribution in [3.63, 3.8) is 0 Å². The molecule has 2 saturated heterocycles. The second-order valence-electron chi connectivity index (χ2n) is 7.04. The van der Waals surface area contributed by atoms with Crippen molar-refractivity contribution in [2.45, 2.75) is 39.5 Å². The van der Waals surface area contributed by atoms with Crippen LogP contribution < -0.4 is 5.32 Å². The molecule has 0 spiro atoms. The zero-order valence-electron chi connectivity index (χ0n) is 16.0. The SMILES string of the molecule is CCOC(=O)C1CCCN(C(=NC)NCCN2CCC(C)CC2)C1.I. The number of rotatable bonds is 5. The molecule has 2 aliphatic rings. The molecule has 0 aromatic rings. The monoisotopic (exact) mass is 466 g/mol. The normalized spacial score (nSPS) is 23.1. The number of aliphatic imine (C=N–C) groups is 1. The molecular formula is C18H35IN4O2. The van der Waals surface area contributed by atoms with Gasteiger partial charge in [0.1, 0.15) is 0 Å². The van der Waals surface area contributed by atoms with Gasteiger partial charge < -0.3 is 19.9 Å². The van der Waals surface area contributed by atoms with Gasteiger partial charge in [-0.1, -0.05) is 6.92 Å². The van der Waals surface area contributed by atoms with E-state index in [0.29, 0.717) is 13.2 Å². The van der Waals surface area contributed by atoms with E-state index in [-0.39, 0.29) is 35.9 Å². The number of esters is 1. The average Bonchev–Trinajstić information content (AvgIpc) is 2.60. The molecule has 2 rings (SSSR count). The molecule has 2 fully saturated rings. The Morgan fingerprint density at radius 3 is 2.60 bits per heavy atom. The number of likely N-dealkylation sites (tertiary alicyclic amines) is 2. The Kier molecular flexibility index (Phi) is 10.7. The minimum absolute atomic E-state index is 0. The van der Waals surface area contributed by atoms with Gasteiger partial charge in [0, 0.05) is 33.2 Å². The first-order valence-corrected chi connectivity index (χ1v) is 9.48. The third-order valence-corrected chi connectivity index (χ3v) is 5.14. The van der Waals surface area contributed by atoms with Crippen LogP contribution in [0.3, 0.4) is 0 Å². The van der Waals surface area contributed by atoms with Crippen LogP contribution in [-0.4, -0.2) is 74.7 Å². The Balaban J connectivity index is 0.00000312. The molecule has 0 bridgehead atoms. The molecule has 1 N–H and O–H groups in total. The average molecular weight is 466 g/mol. The van der Waals surface area contributed by atoms with Crippen LogP contribution in [0.1, 0.15) is 39.5 Å². The molecular weight excluding hydrogens is 431 g/mol. The number of ether oxygens (including phenoxy) is 1. The van der Waals surface area contributed by atoms with Crippen LogP contribution in [0.5, 0.6) is 0 Å². The first-order valence-electron chi connectivity index (χ1n) is 9.48. The smallest absolute Gasteiger partial charge is 0.310 e. The van der Waals surface area contributed by atoms with Crippen LogP contribution in [0.2, 0.25) is 0 Å². The molecule has 146 valence electrons. The van der Waals surface area contributed by atoms with Crippen LogP contribution in [0.25, 0.3) is 0 Å². The first-order chi connectivity index (χ1) is 11.6. The molecule has 1 unspecified atom stereocenters. The summed E-state index contributed by atoms with van der Waals surface area (Å²) >= 11 is 0. The summed E-state index contributed by atoms with van der Waals surface area (Å²) in [5.41, 5.74) is 0. The maximum absolute atomic E-state index is 12.0. The third kappa shape index (κ3) is 7.29. The van der Waals surface area contributed by atoms with Crippen molar-refractivity contribution in [1.82, 2.24) is 15.1 Å². The number of nitrogens with zero attached hydrogens (tertiary/aromatic N) is 3. The van der Waals surface area contributed by atoms with E-state index >= 15 is 0 Å². The topological polar surface area (TPSA) is 57.2 Å². The summed E-state index contributed by atoms with van der Waals surface area (Å²) in [5.74, 6) is 1.69. The van der Waals surface area contributed by atoms with Gasteiger partial charge in [-0.05, 0) is 51.6 Å². The summed E-state index contributed by atoms with van der Waals surface area (Å²) in [5, 5.41) is 3.47. The Morgan fingerprint density at radius 1 is 1.24 bits per heavy atom. The Bertz CT molecular complexity index is 425. The van der Waals surface area contributed by atoms with E-state index in [1.807, 2.05) is 14.0 Å². The summed E-state index contributed by atoms with van der Waals surface area (Å²) < 4.78 is 5.18. The summed E-state index contributed by atoms with van der Waals surface area (Å²) in [6.07, 6.45) is 4.54. The van der Waals surface area contributed by atoms with Gasteiger partial charge >= 0.3 is 5.97 Å². The van der Waals surface area contributed by atoms with Crippen LogP contribution in [0, 0.1) is 11.8 Å². The highest BCUT2D eigenvalue weighted by molar-refractivity contribution is 14.0. The highest BCUT2D eigenvalue weighted by Gasteiger charge is 2.28. The molecule has 2 aliphatic heterocycles. The fourth-order valence-corrected chi connectivity index (χ4v) is 3.57. The predicted molar refractivity (Wildman–Crippen MR) is 113 cm³/mol. The zero-order chi connectivity index (χ0) is 17.4. The predicted octanol–water partition coefficient (Wildman–Crippen LogP) is 2.19. The van der Waals surface area contributed by atoms with Gasteiger partial charge in [0.15, 0.2) is 5.96 Å². The van der Waals surface area contributed by atoms with E-state index in [1.54, 1.807) is 0 Å². The minimum atomic E-state index is -0.0694. The molecule has 0 aliphatic carbocycles. The number of piperidine rings is 2. The van der Waals surface area contributed by atoms with E-state index in [9.17, 15) is 4.79 Å². The first kappa shape index (κ1) is 22.5. The molecule has 7 heteroatoms. The number of guanidine groups is 1. The standard InChI is InChI=1S/C18H34N4O2.HI/c1-4-24-17(23)16-6-5-10-22(14-16)18(19-3)20-9-13-21-11-7-15(2)8-12-21;/h15-16H,4-14H2,1-3H3,(H,19,20);1H. The number of carbonyl (C=O) groups excluding carboxylic acids is 1. The van der Waals surface area contributed by atoms with E-state index in [2.05, 4.69) is 27.0 Å². The van der Waals surface area contributed by atoms with Crippen LogP contribution in [0.4, 0.5) is 0 Å². The lowest BCUT2D eigenvalue weighted by Gasteiger charge is -2.34. The summed E-state index contributed by atoms with van der Waals surface area (Å²) in [6, 6.07) is 0. The molecule has 6 nitrogen and oxygen atoms in total. The molecule has 0 aromatic carbocycles. The van der Waals surface area contributed by atoms with Gasteiger partial charge in [-0.25, -0.2) is 0 Å². The fraction of sp³-hybridized carbons (Fsp3) is 0.889. The zero-order valence-corrected chi connectivity index (χ0v) is 18.3. The second kappa shape index (κ2) is 11.9. The van der Waals surface area contributed by atoms with E-state index < -0.39 is 0 Å². The lowest BCUT2D eigenvalue weighted by molar-refractivity contribution is -0.149. The van der Waals surface area contributed by atoms with Gasteiger partial charge in [0.25, 0.3) is 0 Å². The van der Waals surface area contributed by atoms with Gasteiger partial charge in [-0.2, -0.15) is 0 Å². The molecule has 0 saturated carbocycles. The largest absolute Gasteiger partial charge is 0.466 e. The lowest BCUT2D eigenvalue weighted by Crippen LogP contribution is -2.49. The molecule has 0 aromatic heterocycles. The second-order valence-corrected chi connectivity index (χ2v) is 7.04. The molecule has 2 heterocycles. The maximum atomic E-state index is 12.0. The van der Waals surface area contributed by atoms with Crippen LogP contribution in [0.15, 0.2) is 4.99 Å². The maximum Gasteiger partial charge on any atom is 0.310 e. The quantitative estimate of drug-likeness (QED) is 0.292. The Morgan fingerprint density at radius 2 is 1.96 bits per heavy atom. The third-order valence-electron chi connectivity index (χ3n) is 5.14. The molecule has 1 atom stereocenters. The van der Waals surface area contributed by atoms with Crippen molar-refractivity contribution in [3.8, 4) is 0 Å². The van der Waals surface area contributed by atoms with E-state index in [1.165, 1.54) is 25.9 Å². The number of halogens is 1. The summed E-state index contributed by atoms with van der Waals surface area (Å²) in [6.45, 7) is 10.7. The lowest BCUT2D eigenvalue weighted by atomic mass is 9.98. The highest BCUT2D eigenvalue weighted by atomic mass is 127. The van der Waals surface area contributed by atoms with Gasteiger partial charge in [0.05, 0.1) is 12.5 Å². The van der Waals surface area contributed by atoms with E-state index in [4.69, 9.17) is 4.74 Å². The van der Waals surface area contributed by atoms with Crippen molar-refractivity contribution >= 4 is 35.9 Å². The number of carbonyl (C=O) groups is 1. The number of hydrogen-bond acceptors (Lipinski definition) is 4. The minimum Gasteiger partial charge on any atom is -0.466 e. The number of nitrogens with one attached hydrogen (secondary N) is 1. The van der Waals surface area contributed by atoms with Gasteiger partial charge in [-0.15, -0.1) is 24.0 Å². The molecule has 0 radical (unpaired) electrons. The fourth-order valence-electron chi connectivity index (χ4n) is 3.57. The van der Waals surface area contributed by atoms with Crippen LogP contribution >= 0.6 is 24.0 Å². The van der Waals surface area contributed by atoms with Crippen molar-refractivity contribution in [2.75, 3.05) is 52.9 Å². The molecule has 0 amide bonds. The summed E-state index contributed by atoms with van der Waals surface area (Å²) in [7, 11) is 1.82. The van der Waals surface area contributed by atoms with Gasteiger partial charge in [0.2, 0.25) is 0 Å². The van der Waals surface area contributed by atoms with Crippen molar-refractivity contribution in [2.24, 2.45) is 16.8 Å². The Hall–Kier alpha value is -0.570. The van der Waals surface area contributed by atoms with Crippen molar-refractivity contribution in [3.05, 3.63) is 0 Å². The summed E-state index contributed by atoms with van der Waals surface area (Å²) in [4.78, 5) is 21.1. The van der Waals surface area contributed by atoms with E-state index in [0.717, 1.165) is 44.4 Å². The molecule has 25 heavy (non-hydrogen) atoms.